The normalized spacial score (nSPS) is 10.6. The molecular formula is C22H21BrN2O. The SMILES string of the molecule is COc1ccc(-n2c(-c3ccc(C)cc3C)c[n+]3ccccc23)cc1.[Br-]. The van der Waals surface area contributed by atoms with E-state index in [-0.39, 0.29) is 17.0 Å². The molecule has 0 aliphatic heterocycles. The van der Waals surface area contributed by atoms with Gasteiger partial charge in [-0.1, -0.05) is 29.8 Å². The van der Waals surface area contributed by atoms with Crippen molar-refractivity contribution >= 4 is 5.65 Å². The highest BCUT2D eigenvalue weighted by Gasteiger charge is 2.21. The van der Waals surface area contributed by atoms with Gasteiger partial charge in [-0.05, 0) is 49.7 Å². The average molecular weight is 409 g/mol. The molecule has 3 nitrogen and oxygen atoms in total. The van der Waals surface area contributed by atoms with E-state index in [1.165, 1.54) is 22.4 Å². The minimum Gasteiger partial charge on any atom is -1.00 e. The van der Waals surface area contributed by atoms with E-state index < -0.39 is 0 Å². The van der Waals surface area contributed by atoms with Crippen LogP contribution in [0.2, 0.25) is 0 Å². The number of rotatable bonds is 3. The van der Waals surface area contributed by atoms with Crippen molar-refractivity contribution in [2.24, 2.45) is 0 Å². The number of benzene rings is 2. The van der Waals surface area contributed by atoms with Crippen LogP contribution in [-0.4, -0.2) is 11.7 Å². The Morgan fingerprint density at radius 2 is 1.69 bits per heavy atom. The summed E-state index contributed by atoms with van der Waals surface area (Å²) >= 11 is 0. The Hall–Kier alpha value is -2.59. The fraction of sp³-hybridized carbons (Fsp3) is 0.136. The lowest BCUT2D eigenvalue weighted by Crippen LogP contribution is -3.00. The lowest BCUT2D eigenvalue weighted by molar-refractivity contribution is -0.510. The second-order valence-electron chi connectivity index (χ2n) is 6.33. The highest BCUT2D eigenvalue weighted by molar-refractivity contribution is 5.69. The first kappa shape index (κ1) is 18.2. The maximum absolute atomic E-state index is 5.31. The summed E-state index contributed by atoms with van der Waals surface area (Å²) in [6.07, 6.45) is 4.28. The van der Waals surface area contributed by atoms with E-state index in [4.69, 9.17) is 4.74 Å². The Labute approximate surface area is 164 Å². The van der Waals surface area contributed by atoms with E-state index >= 15 is 0 Å². The fourth-order valence-electron chi connectivity index (χ4n) is 3.35. The minimum absolute atomic E-state index is 0. The number of imidazole rings is 1. The van der Waals surface area contributed by atoms with Gasteiger partial charge in [-0.3, -0.25) is 0 Å². The van der Waals surface area contributed by atoms with Crippen LogP contribution in [0.1, 0.15) is 11.1 Å². The predicted octanol–water partition coefficient (Wildman–Crippen LogP) is 1.51. The van der Waals surface area contributed by atoms with Crippen molar-refractivity contribution in [1.29, 1.82) is 0 Å². The molecule has 2 heterocycles. The van der Waals surface area contributed by atoms with Gasteiger partial charge in [0.15, 0.2) is 5.69 Å². The number of halogens is 1. The van der Waals surface area contributed by atoms with Gasteiger partial charge in [0.05, 0.1) is 13.3 Å². The molecule has 4 rings (SSSR count). The van der Waals surface area contributed by atoms with Gasteiger partial charge in [0.2, 0.25) is 0 Å². The van der Waals surface area contributed by atoms with E-state index in [1.807, 2.05) is 12.1 Å². The highest BCUT2D eigenvalue weighted by Crippen LogP contribution is 2.28. The van der Waals surface area contributed by atoms with Gasteiger partial charge >= 0.3 is 0 Å². The first-order chi connectivity index (χ1) is 12.2. The summed E-state index contributed by atoms with van der Waals surface area (Å²) in [5, 5.41) is 0. The number of ether oxygens (including phenoxy) is 1. The molecule has 0 unspecified atom stereocenters. The Morgan fingerprint density at radius 1 is 0.923 bits per heavy atom. The summed E-state index contributed by atoms with van der Waals surface area (Å²) in [7, 11) is 1.69. The monoisotopic (exact) mass is 408 g/mol. The van der Waals surface area contributed by atoms with Crippen LogP contribution in [0.25, 0.3) is 22.6 Å². The van der Waals surface area contributed by atoms with Gasteiger partial charge in [-0.2, -0.15) is 4.57 Å². The van der Waals surface area contributed by atoms with Crippen LogP contribution in [-0.2, 0) is 0 Å². The van der Waals surface area contributed by atoms with Crippen molar-refractivity contribution in [1.82, 2.24) is 4.57 Å². The van der Waals surface area contributed by atoms with Crippen molar-refractivity contribution in [2.75, 3.05) is 7.11 Å². The topological polar surface area (TPSA) is 18.3 Å². The first-order valence-corrected chi connectivity index (χ1v) is 8.41. The van der Waals surface area contributed by atoms with Crippen LogP contribution >= 0.6 is 0 Å². The molecule has 4 aromatic rings. The summed E-state index contributed by atoms with van der Waals surface area (Å²) in [5.41, 5.74) is 7.21. The van der Waals surface area contributed by atoms with Crippen LogP contribution < -0.4 is 26.1 Å². The highest BCUT2D eigenvalue weighted by atomic mass is 79.9. The second-order valence-corrected chi connectivity index (χ2v) is 6.33. The number of methoxy groups -OCH3 is 1. The summed E-state index contributed by atoms with van der Waals surface area (Å²) < 4.78 is 9.76. The molecule has 0 radical (unpaired) electrons. The molecule has 4 heteroatoms. The Morgan fingerprint density at radius 3 is 2.38 bits per heavy atom. The molecular weight excluding hydrogens is 388 g/mol. The van der Waals surface area contributed by atoms with Gasteiger partial charge in [0.25, 0.3) is 5.65 Å². The number of pyridine rings is 1. The first-order valence-electron chi connectivity index (χ1n) is 8.41. The molecule has 2 aromatic carbocycles. The number of hydrogen-bond donors (Lipinski definition) is 0. The molecule has 0 N–H and O–H groups in total. The van der Waals surface area contributed by atoms with Crippen LogP contribution in [0.5, 0.6) is 5.75 Å². The van der Waals surface area contributed by atoms with Crippen LogP contribution in [0.15, 0.2) is 73.1 Å². The third-order valence-electron chi connectivity index (χ3n) is 4.59. The molecule has 0 spiro atoms. The largest absolute Gasteiger partial charge is 1.00 e. The maximum Gasteiger partial charge on any atom is 0.291 e. The summed E-state index contributed by atoms with van der Waals surface area (Å²) in [6, 6.07) is 21.1. The van der Waals surface area contributed by atoms with E-state index in [0.717, 1.165) is 17.1 Å². The standard InChI is InChI=1S/C22H21N2O.BrH/c1-16-7-12-20(17(2)14-16)21-15-23-13-5-4-6-22(23)24(21)18-8-10-19(25-3)11-9-18;/h4-15H,1-3H3;1H/q+1;/p-1. The Bertz CT molecular complexity index is 1050. The van der Waals surface area contributed by atoms with E-state index in [2.05, 4.69) is 83.7 Å². The Kier molecular flexibility index (Phi) is 5.14. The third-order valence-corrected chi connectivity index (χ3v) is 4.59. The fourth-order valence-corrected chi connectivity index (χ4v) is 3.35. The third kappa shape index (κ3) is 3.13. The Balaban J connectivity index is 0.00000196. The molecule has 0 saturated carbocycles. The van der Waals surface area contributed by atoms with Gasteiger partial charge in [0, 0.05) is 11.6 Å². The average Bonchev–Trinajstić information content (AvgIpc) is 3.01. The van der Waals surface area contributed by atoms with Gasteiger partial charge in [-0.25, -0.2) is 4.40 Å². The van der Waals surface area contributed by atoms with E-state index in [0.29, 0.717) is 0 Å². The van der Waals surface area contributed by atoms with Crippen molar-refractivity contribution in [3.8, 4) is 22.7 Å². The molecule has 0 aliphatic rings. The maximum atomic E-state index is 5.31. The molecule has 0 saturated heterocycles. The van der Waals surface area contributed by atoms with Crippen LogP contribution in [0, 0.1) is 13.8 Å². The molecule has 2 aromatic heterocycles. The van der Waals surface area contributed by atoms with Crippen molar-refractivity contribution in [2.45, 2.75) is 13.8 Å². The van der Waals surface area contributed by atoms with Gasteiger partial charge < -0.3 is 21.7 Å². The minimum atomic E-state index is 0. The van der Waals surface area contributed by atoms with Crippen molar-refractivity contribution in [3.63, 3.8) is 0 Å². The molecule has 0 fully saturated rings. The summed E-state index contributed by atoms with van der Waals surface area (Å²) in [4.78, 5) is 0. The molecule has 0 bridgehead atoms. The van der Waals surface area contributed by atoms with Gasteiger partial charge in [-0.15, -0.1) is 0 Å². The molecule has 0 aliphatic carbocycles. The van der Waals surface area contributed by atoms with Crippen LogP contribution in [0.3, 0.4) is 0 Å². The van der Waals surface area contributed by atoms with E-state index in [9.17, 15) is 0 Å². The number of aryl methyl sites for hydroxylation is 2. The summed E-state index contributed by atoms with van der Waals surface area (Å²) in [6.45, 7) is 4.30. The smallest absolute Gasteiger partial charge is 0.291 e. The quantitative estimate of drug-likeness (QED) is 0.470. The number of hydrogen-bond acceptors (Lipinski definition) is 1. The lowest BCUT2D eigenvalue weighted by Gasteiger charge is -2.07. The van der Waals surface area contributed by atoms with Gasteiger partial charge in [0.1, 0.15) is 17.6 Å². The van der Waals surface area contributed by atoms with Crippen molar-refractivity contribution < 1.29 is 26.1 Å². The molecule has 0 atom stereocenters. The second kappa shape index (κ2) is 7.34. The predicted molar refractivity (Wildman–Crippen MR) is 100 cm³/mol. The molecule has 26 heavy (non-hydrogen) atoms. The number of aromatic nitrogens is 2. The lowest BCUT2D eigenvalue weighted by atomic mass is 10.0. The van der Waals surface area contributed by atoms with Crippen molar-refractivity contribution in [3.05, 3.63) is 84.2 Å². The van der Waals surface area contributed by atoms with E-state index in [1.54, 1.807) is 7.11 Å². The number of fused-ring (bicyclic) bond motifs is 1. The zero-order valence-corrected chi connectivity index (χ0v) is 16.7. The molecule has 132 valence electrons. The summed E-state index contributed by atoms with van der Waals surface area (Å²) in [5.74, 6) is 0.862. The molecule has 0 amide bonds. The van der Waals surface area contributed by atoms with Crippen LogP contribution in [0.4, 0.5) is 0 Å². The zero-order valence-electron chi connectivity index (χ0n) is 15.1. The zero-order chi connectivity index (χ0) is 17.4. The number of nitrogens with zero attached hydrogens (tertiary/aromatic N) is 2.